The first kappa shape index (κ1) is 16.2. The molecule has 0 amide bonds. The van der Waals surface area contributed by atoms with Crippen molar-refractivity contribution in [2.45, 2.75) is 10.6 Å². The second-order valence-corrected chi connectivity index (χ2v) is 6.56. The van der Waals surface area contributed by atoms with Gasteiger partial charge in [0, 0.05) is 20.7 Å². The maximum Gasteiger partial charge on any atom is 0.337 e. The Morgan fingerprint density at radius 2 is 2.10 bits per heavy atom. The molecule has 2 aromatic rings. The third-order valence-electron chi connectivity index (χ3n) is 2.81. The van der Waals surface area contributed by atoms with Crippen molar-refractivity contribution in [3.8, 4) is 5.75 Å². The van der Waals surface area contributed by atoms with Crippen LogP contribution in [0.4, 0.5) is 0 Å². The standard InChI is InChI=1S/C15H12BrClO3S/c1-20-14-5-2-10(16)6-9(14)8-21-11-3-4-13(17)12(7-11)15(18)19/h2-7H,8H2,1H3,(H,18,19). The highest BCUT2D eigenvalue weighted by Crippen LogP contribution is 2.31. The van der Waals surface area contributed by atoms with Gasteiger partial charge >= 0.3 is 5.97 Å². The van der Waals surface area contributed by atoms with Gasteiger partial charge in [-0.05, 0) is 36.4 Å². The van der Waals surface area contributed by atoms with Gasteiger partial charge in [0.25, 0.3) is 0 Å². The zero-order valence-electron chi connectivity index (χ0n) is 11.1. The van der Waals surface area contributed by atoms with Crippen molar-refractivity contribution in [2.24, 2.45) is 0 Å². The molecule has 0 saturated heterocycles. The van der Waals surface area contributed by atoms with Crippen LogP contribution in [0.3, 0.4) is 0 Å². The van der Waals surface area contributed by atoms with Crippen molar-refractivity contribution in [3.63, 3.8) is 0 Å². The summed E-state index contributed by atoms with van der Waals surface area (Å²) in [6.45, 7) is 0. The monoisotopic (exact) mass is 386 g/mol. The topological polar surface area (TPSA) is 46.5 Å². The number of hydrogen-bond acceptors (Lipinski definition) is 3. The van der Waals surface area contributed by atoms with Crippen molar-refractivity contribution in [2.75, 3.05) is 7.11 Å². The first-order valence-electron chi connectivity index (χ1n) is 5.99. The van der Waals surface area contributed by atoms with E-state index >= 15 is 0 Å². The molecule has 0 bridgehead atoms. The molecule has 3 nitrogen and oxygen atoms in total. The number of rotatable bonds is 5. The van der Waals surface area contributed by atoms with E-state index in [2.05, 4.69) is 15.9 Å². The smallest absolute Gasteiger partial charge is 0.337 e. The number of hydrogen-bond donors (Lipinski definition) is 1. The molecule has 0 unspecified atom stereocenters. The molecule has 0 aliphatic rings. The van der Waals surface area contributed by atoms with Crippen LogP contribution in [0.15, 0.2) is 45.8 Å². The molecule has 0 radical (unpaired) electrons. The summed E-state index contributed by atoms with van der Waals surface area (Å²) in [7, 11) is 1.63. The minimum atomic E-state index is -1.03. The Morgan fingerprint density at radius 3 is 2.76 bits per heavy atom. The van der Waals surface area contributed by atoms with Crippen LogP contribution in [0.5, 0.6) is 5.75 Å². The van der Waals surface area contributed by atoms with E-state index in [9.17, 15) is 4.79 Å². The fraction of sp³-hybridized carbons (Fsp3) is 0.133. The number of halogens is 2. The number of thioether (sulfide) groups is 1. The average molecular weight is 388 g/mol. The molecule has 0 aliphatic carbocycles. The van der Waals surface area contributed by atoms with Gasteiger partial charge in [0.1, 0.15) is 5.75 Å². The van der Waals surface area contributed by atoms with E-state index < -0.39 is 5.97 Å². The summed E-state index contributed by atoms with van der Waals surface area (Å²) in [4.78, 5) is 11.9. The molecule has 0 fully saturated rings. The van der Waals surface area contributed by atoms with Crippen molar-refractivity contribution in [1.82, 2.24) is 0 Å². The Hall–Kier alpha value is -1.17. The lowest BCUT2D eigenvalue weighted by Crippen LogP contribution is -1.97. The molecule has 2 aromatic carbocycles. The number of aromatic carboxylic acids is 1. The quantitative estimate of drug-likeness (QED) is 0.725. The van der Waals surface area contributed by atoms with Crippen LogP contribution >= 0.6 is 39.3 Å². The Labute approximate surface area is 140 Å². The maximum absolute atomic E-state index is 11.1. The van der Waals surface area contributed by atoms with Crippen LogP contribution in [0.25, 0.3) is 0 Å². The number of benzene rings is 2. The summed E-state index contributed by atoms with van der Waals surface area (Å²) < 4.78 is 6.29. The first-order valence-corrected chi connectivity index (χ1v) is 8.15. The minimum Gasteiger partial charge on any atom is -0.496 e. The van der Waals surface area contributed by atoms with E-state index in [0.717, 1.165) is 20.7 Å². The zero-order chi connectivity index (χ0) is 15.4. The SMILES string of the molecule is COc1ccc(Br)cc1CSc1ccc(Cl)c(C(=O)O)c1. The molecule has 6 heteroatoms. The summed E-state index contributed by atoms with van der Waals surface area (Å²) in [5.41, 5.74) is 1.14. The fourth-order valence-corrected chi connectivity index (χ4v) is 3.30. The molecule has 21 heavy (non-hydrogen) atoms. The van der Waals surface area contributed by atoms with Crippen LogP contribution in [0.2, 0.25) is 5.02 Å². The number of methoxy groups -OCH3 is 1. The van der Waals surface area contributed by atoms with Gasteiger partial charge < -0.3 is 9.84 Å². The first-order chi connectivity index (χ1) is 10.0. The molecular formula is C15H12BrClO3S. The van der Waals surface area contributed by atoms with Gasteiger partial charge in [-0.1, -0.05) is 27.5 Å². The predicted molar refractivity (Wildman–Crippen MR) is 88.7 cm³/mol. The molecule has 0 aliphatic heterocycles. The molecule has 110 valence electrons. The summed E-state index contributed by atoms with van der Waals surface area (Å²) in [6.07, 6.45) is 0. The van der Waals surface area contributed by atoms with Gasteiger partial charge in [0.15, 0.2) is 0 Å². The molecule has 0 spiro atoms. The molecule has 0 aromatic heterocycles. The normalized spacial score (nSPS) is 10.4. The van der Waals surface area contributed by atoms with E-state index in [4.69, 9.17) is 21.4 Å². The van der Waals surface area contributed by atoms with E-state index in [1.165, 1.54) is 11.8 Å². The molecule has 0 atom stereocenters. The lowest BCUT2D eigenvalue weighted by atomic mass is 10.2. The average Bonchev–Trinajstić information content (AvgIpc) is 2.46. The Bertz CT molecular complexity index is 676. The van der Waals surface area contributed by atoms with Crippen LogP contribution < -0.4 is 4.74 Å². The van der Waals surface area contributed by atoms with Gasteiger partial charge in [0.05, 0.1) is 17.7 Å². The van der Waals surface area contributed by atoms with Gasteiger partial charge in [-0.15, -0.1) is 11.8 Å². The second-order valence-electron chi connectivity index (χ2n) is 4.19. The Kier molecular flexibility index (Phi) is 5.56. The van der Waals surface area contributed by atoms with E-state index in [1.807, 2.05) is 24.3 Å². The lowest BCUT2D eigenvalue weighted by Gasteiger charge is -2.09. The molecular weight excluding hydrogens is 376 g/mol. The zero-order valence-corrected chi connectivity index (χ0v) is 14.3. The van der Waals surface area contributed by atoms with Gasteiger partial charge in [-0.3, -0.25) is 0 Å². The summed E-state index contributed by atoms with van der Waals surface area (Å²) in [5, 5.41) is 9.32. The van der Waals surface area contributed by atoms with Gasteiger partial charge in [0.2, 0.25) is 0 Å². The largest absolute Gasteiger partial charge is 0.496 e. The van der Waals surface area contributed by atoms with Crippen molar-refractivity contribution in [1.29, 1.82) is 0 Å². The third kappa shape index (κ3) is 4.15. The van der Waals surface area contributed by atoms with E-state index in [1.54, 1.807) is 19.2 Å². The Balaban J connectivity index is 2.19. The molecule has 1 N–H and O–H groups in total. The third-order valence-corrected chi connectivity index (χ3v) is 4.67. The predicted octanol–water partition coefficient (Wildman–Crippen LogP) is 5.10. The van der Waals surface area contributed by atoms with Gasteiger partial charge in [-0.25, -0.2) is 4.79 Å². The molecule has 2 rings (SSSR count). The highest BCUT2D eigenvalue weighted by Gasteiger charge is 2.10. The van der Waals surface area contributed by atoms with Crippen molar-refractivity contribution < 1.29 is 14.6 Å². The fourth-order valence-electron chi connectivity index (χ4n) is 1.78. The van der Waals surface area contributed by atoms with Crippen molar-refractivity contribution >= 4 is 45.3 Å². The number of carboxylic acid groups (broad SMARTS) is 1. The van der Waals surface area contributed by atoms with Crippen LogP contribution in [0.1, 0.15) is 15.9 Å². The number of ether oxygens (including phenoxy) is 1. The molecule has 0 heterocycles. The maximum atomic E-state index is 11.1. The summed E-state index contributed by atoms with van der Waals surface area (Å²) in [6, 6.07) is 10.8. The van der Waals surface area contributed by atoms with Crippen LogP contribution in [-0.2, 0) is 5.75 Å². The van der Waals surface area contributed by atoms with Crippen molar-refractivity contribution in [3.05, 3.63) is 57.0 Å². The second kappa shape index (κ2) is 7.20. The van der Waals surface area contributed by atoms with Crippen LogP contribution in [-0.4, -0.2) is 18.2 Å². The van der Waals surface area contributed by atoms with E-state index in [0.29, 0.717) is 5.75 Å². The highest BCUT2D eigenvalue weighted by atomic mass is 79.9. The van der Waals surface area contributed by atoms with E-state index in [-0.39, 0.29) is 10.6 Å². The number of carbonyl (C=O) groups is 1. The summed E-state index contributed by atoms with van der Waals surface area (Å²) in [5.74, 6) is 0.448. The summed E-state index contributed by atoms with van der Waals surface area (Å²) >= 11 is 10.8. The highest BCUT2D eigenvalue weighted by molar-refractivity contribution is 9.10. The molecule has 0 saturated carbocycles. The minimum absolute atomic E-state index is 0.114. The Morgan fingerprint density at radius 1 is 1.33 bits per heavy atom. The number of carboxylic acids is 1. The lowest BCUT2D eigenvalue weighted by molar-refractivity contribution is 0.0697. The van der Waals surface area contributed by atoms with Gasteiger partial charge in [-0.2, -0.15) is 0 Å². The van der Waals surface area contributed by atoms with Crippen LogP contribution in [0, 0.1) is 0 Å².